The van der Waals surface area contributed by atoms with Gasteiger partial charge < -0.3 is 10.4 Å². The first-order valence-corrected chi connectivity index (χ1v) is 6.96. The molecule has 0 heterocycles. The van der Waals surface area contributed by atoms with Gasteiger partial charge in [0.1, 0.15) is 0 Å². The number of anilines is 1. The maximum Gasteiger partial charge on any atom is 0.337 e. The van der Waals surface area contributed by atoms with Crippen molar-refractivity contribution in [1.82, 2.24) is 0 Å². The van der Waals surface area contributed by atoms with Crippen LogP contribution in [0.1, 0.15) is 22.8 Å². The summed E-state index contributed by atoms with van der Waals surface area (Å²) in [5.41, 5.74) is 1.74. The maximum atomic E-state index is 11.2. The molecule has 0 aromatic heterocycles. The summed E-state index contributed by atoms with van der Waals surface area (Å²) >= 11 is 0. The van der Waals surface area contributed by atoms with Crippen molar-refractivity contribution >= 4 is 22.5 Å². The molecule has 0 radical (unpaired) electrons. The van der Waals surface area contributed by atoms with Crippen LogP contribution in [0.2, 0.25) is 0 Å². The molecule has 94 valence electrons. The molecule has 17 heavy (non-hydrogen) atoms. The van der Waals surface area contributed by atoms with E-state index in [1.807, 2.05) is 19.9 Å². The molecule has 0 spiro atoms. The Balaban J connectivity index is 2.70. The van der Waals surface area contributed by atoms with Gasteiger partial charge in [0, 0.05) is 34.5 Å². The van der Waals surface area contributed by atoms with Gasteiger partial charge in [-0.15, -0.1) is 0 Å². The molecule has 0 fully saturated rings. The van der Waals surface area contributed by atoms with E-state index in [1.165, 1.54) is 0 Å². The standard InChI is InChI=1S/C12H17NO3S/c1-3-17(16)7-6-13-11-5-4-9(2)8-10(11)12(14)15/h4-5,8,13H,3,6-7H2,1-2H3,(H,14,15). The lowest BCUT2D eigenvalue weighted by atomic mass is 10.1. The Morgan fingerprint density at radius 2 is 2.18 bits per heavy atom. The van der Waals surface area contributed by atoms with Gasteiger partial charge in [-0.3, -0.25) is 4.21 Å². The van der Waals surface area contributed by atoms with Crippen LogP contribution in [-0.4, -0.2) is 33.3 Å². The molecule has 0 amide bonds. The molecule has 1 rings (SSSR count). The Hall–Kier alpha value is -1.36. The second-order valence-electron chi connectivity index (χ2n) is 3.71. The summed E-state index contributed by atoms with van der Waals surface area (Å²) in [5.74, 6) is 0.206. The van der Waals surface area contributed by atoms with Gasteiger partial charge in [-0.05, 0) is 19.1 Å². The minimum Gasteiger partial charge on any atom is -0.478 e. The molecule has 0 saturated carbocycles. The highest BCUT2D eigenvalue weighted by Gasteiger charge is 2.09. The third-order valence-electron chi connectivity index (χ3n) is 2.37. The lowest BCUT2D eigenvalue weighted by molar-refractivity contribution is 0.0698. The normalized spacial score (nSPS) is 12.1. The summed E-state index contributed by atoms with van der Waals surface area (Å²) in [6.45, 7) is 4.23. The number of aromatic carboxylic acids is 1. The highest BCUT2D eigenvalue weighted by atomic mass is 32.2. The van der Waals surface area contributed by atoms with Crippen LogP contribution in [0, 0.1) is 6.92 Å². The number of rotatable bonds is 6. The minimum absolute atomic E-state index is 0.257. The van der Waals surface area contributed by atoms with E-state index in [-0.39, 0.29) is 5.56 Å². The van der Waals surface area contributed by atoms with Crippen LogP contribution in [0.4, 0.5) is 5.69 Å². The van der Waals surface area contributed by atoms with Crippen molar-refractivity contribution in [2.45, 2.75) is 13.8 Å². The lowest BCUT2D eigenvalue weighted by Gasteiger charge is -2.09. The fourth-order valence-corrected chi connectivity index (χ4v) is 2.05. The van der Waals surface area contributed by atoms with Crippen LogP contribution >= 0.6 is 0 Å². The van der Waals surface area contributed by atoms with Crippen molar-refractivity contribution in [3.05, 3.63) is 29.3 Å². The molecule has 1 unspecified atom stereocenters. The minimum atomic E-state index is -0.951. The van der Waals surface area contributed by atoms with E-state index in [4.69, 9.17) is 5.11 Å². The van der Waals surface area contributed by atoms with Crippen LogP contribution in [0.5, 0.6) is 0 Å². The van der Waals surface area contributed by atoms with Gasteiger partial charge in [-0.1, -0.05) is 18.6 Å². The molecular weight excluding hydrogens is 238 g/mol. The molecule has 2 N–H and O–H groups in total. The smallest absolute Gasteiger partial charge is 0.337 e. The number of carbonyl (C=O) groups is 1. The van der Waals surface area contributed by atoms with Gasteiger partial charge in [0.25, 0.3) is 0 Å². The van der Waals surface area contributed by atoms with Crippen LogP contribution in [0.15, 0.2) is 18.2 Å². The van der Waals surface area contributed by atoms with Crippen molar-refractivity contribution in [2.75, 3.05) is 23.4 Å². The third kappa shape index (κ3) is 4.19. The van der Waals surface area contributed by atoms with Crippen molar-refractivity contribution < 1.29 is 14.1 Å². The predicted octanol–water partition coefficient (Wildman–Crippen LogP) is 1.87. The van der Waals surface area contributed by atoms with Gasteiger partial charge in [0.2, 0.25) is 0 Å². The highest BCUT2D eigenvalue weighted by molar-refractivity contribution is 7.84. The van der Waals surface area contributed by atoms with Gasteiger partial charge in [-0.25, -0.2) is 4.79 Å². The Bertz CT molecular complexity index is 432. The number of carboxylic acid groups (broad SMARTS) is 1. The van der Waals surface area contributed by atoms with E-state index >= 15 is 0 Å². The molecule has 1 aromatic rings. The summed E-state index contributed by atoms with van der Waals surface area (Å²) in [6.07, 6.45) is 0. The summed E-state index contributed by atoms with van der Waals surface area (Å²) < 4.78 is 11.2. The molecular formula is C12H17NO3S. The Morgan fingerprint density at radius 1 is 1.47 bits per heavy atom. The average Bonchev–Trinajstić information content (AvgIpc) is 2.30. The predicted molar refractivity (Wildman–Crippen MR) is 70.2 cm³/mol. The van der Waals surface area contributed by atoms with Gasteiger partial charge in [0.15, 0.2) is 0 Å². The van der Waals surface area contributed by atoms with Crippen molar-refractivity contribution in [2.24, 2.45) is 0 Å². The summed E-state index contributed by atoms with van der Waals surface area (Å²) in [6, 6.07) is 5.22. The zero-order valence-electron chi connectivity index (χ0n) is 10.0. The summed E-state index contributed by atoms with van der Waals surface area (Å²) in [4.78, 5) is 11.0. The zero-order chi connectivity index (χ0) is 12.8. The summed E-state index contributed by atoms with van der Waals surface area (Å²) in [5, 5.41) is 12.1. The van der Waals surface area contributed by atoms with Crippen LogP contribution in [0.3, 0.4) is 0 Å². The van der Waals surface area contributed by atoms with Crippen LogP contribution in [0.25, 0.3) is 0 Å². The fourth-order valence-electron chi connectivity index (χ4n) is 1.43. The van der Waals surface area contributed by atoms with Gasteiger partial charge in [0.05, 0.1) is 5.56 Å². The van der Waals surface area contributed by atoms with E-state index in [9.17, 15) is 9.00 Å². The first kappa shape index (κ1) is 13.7. The number of hydrogen-bond donors (Lipinski definition) is 2. The van der Waals surface area contributed by atoms with Crippen LogP contribution in [-0.2, 0) is 10.8 Å². The largest absolute Gasteiger partial charge is 0.478 e. The van der Waals surface area contributed by atoms with Crippen molar-refractivity contribution in [3.63, 3.8) is 0 Å². The first-order valence-electron chi connectivity index (χ1n) is 5.47. The second kappa shape index (κ2) is 6.39. The van der Waals surface area contributed by atoms with E-state index in [0.29, 0.717) is 23.7 Å². The van der Waals surface area contributed by atoms with E-state index in [2.05, 4.69) is 5.32 Å². The van der Waals surface area contributed by atoms with Crippen molar-refractivity contribution in [1.29, 1.82) is 0 Å². The Morgan fingerprint density at radius 3 is 2.76 bits per heavy atom. The fraction of sp³-hybridized carbons (Fsp3) is 0.417. The number of aryl methyl sites for hydroxylation is 1. The number of benzene rings is 1. The number of nitrogens with one attached hydrogen (secondary N) is 1. The van der Waals surface area contributed by atoms with Crippen LogP contribution < -0.4 is 5.32 Å². The molecule has 0 aliphatic heterocycles. The highest BCUT2D eigenvalue weighted by Crippen LogP contribution is 2.17. The molecule has 1 aromatic carbocycles. The average molecular weight is 255 g/mol. The number of carboxylic acids is 1. The zero-order valence-corrected chi connectivity index (χ0v) is 10.8. The SMILES string of the molecule is CCS(=O)CCNc1ccc(C)cc1C(=O)O. The topological polar surface area (TPSA) is 66.4 Å². The molecule has 0 bridgehead atoms. The molecule has 0 saturated heterocycles. The second-order valence-corrected chi connectivity index (χ2v) is 5.58. The van der Waals surface area contributed by atoms with Gasteiger partial charge in [-0.2, -0.15) is 0 Å². The molecule has 0 aliphatic rings. The molecule has 5 heteroatoms. The van der Waals surface area contributed by atoms with Crippen molar-refractivity contribution in [3.8, 4) is 0 Å². The third-order valence-corrected chi connectivity index (χ3v) is 3.68. The maximum absolute atomic E-state index is 11.2. The van der Waals surface area contributed by atoms with Gasteiger partial charge >= 0.3 is 5.97 Å². The van der Waals surface area contributed by atoms with E-state index in [1.54, 1.807) is 12.1 Å². The Kier molecular flexibility index (Phi) is 5.15. The molecule has 4 nitrogen and oxygen atoms in total. The summed E-state index contributed by atoms with van der Waals surface area (Å²) in [7, 11) is -0.832. The van der Waals surface area contributed by atoms with E-state index < -0.39 is 16.8 Å². The first-order chi connectivity index (χ1) is 8.04. The number of hydrogen-bond acceptors (Lipinski definition) is 3. The van der Waals surface area contributed by atoms with E-state index in [0.717, 1.165) is 5.56 Å². The Labute approximate surface area is 104 Å². The quantitative estimate of drug-likeness (QED) is 0.814. The molecule has 0 aliphatic carbocycles. The lowest BCUT2D eigenvalue weighted by Crippen LogP contribution is -2.14. The molecule has 1 atom stereocenters. The monoisotopic (exact) mass is 255 g/mol.